The minimum Gasteiger partial charge on any atom is -0.480 e. The fraction of sp³-hybridized carbons (Fsp3) is 0.714. The quantitative estimate of drug-likeness (QED) is 0.300. The number of carboxylic acid groups (broad SMARTS) is 2. The molecule has 0 aromatic carbocycles. The van der Waals surface area contributed by atoms with Gasteiger partial charge in [0, 0.05) is 0 Å². The molecule has 0 aliphatic rings. The summed E-state index contributed by atoms with van der Waals surface area (Å²) in [7, 11) is 0. The first-order valence-corrected chi connectivity index (χ1v) is 9.53. The van der Waals surface area contributed by atoms with Crippen molar-refractivity contribution in [2.75, 3.05) is 0 Å². The van der Waals surface area contributed by atoms with Gasteiger partial charge in [0.1, 0.15) is 11.1 Å². The Morgan fingerprint density at radius 2 is 1.20 bits per heavy atom. The minimum absolute atomic E-state index is 0.0116. The molecule has 8 nitrogen and oxygen atoms in total. The first-order chi connectivity index (χ1) is 10.9. The predicted octanol–water partition coefficient (Wildman–Crippen LogP) is 2.25. The van der Waals surface area contributed by atoms with Crippen LogP contribution in [0.2, 0.25) is 0 Å². The molecule has 0 aliphatic heterocycles. The summed E-state index contributed by atoms with van der Waals surface area (Å²) in [4.78, 5) is 41.1. The number of nitrogens with two attached hydrogens (primary N) is 1. The number of nitrogens with one attached hydrogen (secondary N) is 1. The maximum Gasteiger partial charge on any atom is 0.328 e. The lowest BCUT2D eigenvalue weighted by Crippen LogP contribution is -2.51. The highest BCUT2D eigenvalue weighted by Gasteiger charge is 2.29. The van der Waals surface area contributed by atoms with Gasteiger partial charge in [-0.05, 0) is 57.5 Å². The van der Waals surface area contributed by atoms with Crippen molar-refractivity contribution in [2.45, 2.75) is 62.3 Å². The number of rotatable bonds is 5. The average Bonchev–Trinajstić information content (AvgIpc) is 2.37. The highest BCUT2D eigenvalue weighted by Crippen LogP contribution is 2.05. The molecule has 1 amide bonds. The van der Waals surface area contributed by atoms with E-state index in [1.54, 1.807) is 13.8 Å². The fourth-order valence-corrected chi connectivity index (χ4v) is 0.575. The Labute approximate surface area is 172 Å². The number of hydrogen-bond donors (Lipinski definition) is 4. The number of aliphatic carboxylic acids is 2. The van der Waals surface area contributed by atoms with E-state index >= 15 is 0 Å². The third-order valence-corrected chi connectivity index (χ3v) is 4.33. The molecule has 0 saturated heterocycles. The number of carbonyl (C=O) groups excluding carboxylic acids is 2. The maximum atomic E-state index is 11.0. The zero-order valence-corrected chi connectivity index (χ0v) is 19.7. The van der Waals surface area contributed by atoms with E-state index in [-0.39, 0.29) is 20.3 Å². The van der Waals surface area contributed by atoms with Crippen molar-refractivity contribution in [1.29, 1.82) is 0 Å². The van der Waals surface area contributed by atoms with Crippen molar-refractivity contribution < 1.29 is 29.4 Å². The third kappa shape index (κ3) is 18.1. The van der Waals surface area contributed by atoms with Gasteiger partial charge in [-0.25, -0.2) is 4.79 Å². The first-order valence-electron chi connectivity index (χ1n) is 6.91. The van der Waals surface area contributed by atoms with Crippen LogP contribution in [-0.4, -0.2) is 53.5 Å². The molecule has 0 spiro atoms. The molecule has 0 fully saturated rings. The van der Waals surface area contributed by atoms with Crippen molar-refractivity contribution >= 4 is 70.3 Å². The monoisotopic (exact) mass is 554 g/mol. The Morgan fingerprint density at radius 1 is 0.920 bits per heavy atom. The van der Waals surface area contributed by atoms with Crippen LogP contribution in [0, 0.1) is 0 Å². The lowest BCUT2D eigenvalue weighted by atomic mass is 10.1. The van der Waals surface area contributed by atoms with Crippen LogP contribution in [0.25, 0.3) is 0 Å². The van der Waals surface area contributed by atoms with E-state index < -0.39 is 23.0 Å². The largest absolute Gasteiger partial charge is 0.480 e. The van der Waals surface area contributed by atoms with Crippen LogP contribution in [0.5, 0.6) is 0 Å². The number of carbonyl (C=O) groups is 4. The lowest BCUT2D eigenvalue weighted by molar-refractivity contribution is -0.145. The predicted molar refractivity (Wildman–Crippen MR) is 106 cm³/mol. The van der Waals surface area contributed by atoms with Gasteiger partial charge in [-0.15, -0.1) is 0 Å². The third-order valence-electron chi connectivity index (χ3n) is 2.20. The summed E-state index contributed by atoms with van der Waals surface area (Å²) in [6, 6.07) is 0. The second-order valence-corrected chi connectivity index (χ2v) is 9.51. The second kappa shape index (κ2) is 12.8. The molecule has 2 atom stereocenters. The zero-order valence-electron chi connectivity index (χ0n) is 14.9. The van der Waals surface area contributed by atoms with Crippen LogP contribution in [-0.2, 0) is 19.2 Å². The number of carboxylic acids is 2. The molecule has 0 saturated carbocycles. The van der Waals surface area contributed by atoms with Gasteiger partial charge >= 0.3 is 11.9 Å². The molecule has 25 heavy (non-hydrogen) atoms. The summed E-state index contributed by atoms with van der Waals surface area (Å²) in [6.45, 7) is 9.14. The number of hydrogen-bond acceptors (Lipinski definition) is 5. The Hall–Kier alpha value is -0.520. The van der Waals surface area contributed by atoms with Crippen molar-refractivity contribution in [3.63, 3.8) is 0 Å². The number of halogens is 3. The van der Waals surface area contributed by atoms with Crippen LogP contribution in [0.3, 0.4) is 0 Å². The SMILES string of the molecule is CC(Br)C(=O)Br.CC(Br)C(=O)NC(C)(C)C(=O)O.CC(C)(N)C(=O)O. The molecule has 0 bridgehead atoms. The molecule has 0 heterocycles. The molecule has 148 valence electrons. The van der Waals surface area contributed by atoms with Crippen molar-refractivity contribution in [3.8, 4) is 0 Å². The van der Waals surface area contributed by atoms with Crippen LogP contribution in [0.4, 0.5) is 0 Å². The summed E-state index contributed by atoms with van der Waals surface area (Å²) in [5.74, 6) is -2.36. The van der Waals surface area contributed by atoms with Crippen LogP contribution < -0.4 is 11.1 Å². The molecule has 11 heteroatoms. The van der Waals surface area contributed by atoms with Crippen LogP contribution in [0.15, 0.2) is 0 Å². The van der Waals surface area contributed by atoms with Crippen LogP contribution in [0.1, 0.15) is 41.5 Å². The fourth-order valence-electron chi connectivity index (χ4n) is 0.461. The standard InChI is InChI=1S/C7H12BrNO3.C4H9NO2.C3H4Br2O/c1-4(8)5(10)9-7(2,3)6(11)12;1-4(2,5)3(6)7;1-2(4)3(5)6/h4H,1-3H3,(H,9,10)(H,11,12);5H2,1-2H3,(H,6,7);2H,1H3. The Balaban J connectivity index is -0.000000317. The van der Waals surface area contributed by atoms with Gasteiger partial charge in [0.25, 0.3) is 0 Å². The highest BCUT2D eigenvalue weighted by molar-refractivity contribution is 9.20. The maximum absolute atomic E-state index is 11.0. The van der Waals surface area contributed by atoms with E-state index in [9.17, 15) is 19.2 Å². The smallest absolute Gasteiger partial charge is 0.328 e. The number of amides is 1. The first kappa shape index (κ1) is 29.3. The van der Waals surface area contributed by atoms with Gasteiger partial charge < -0.3 is 21.3 Å². The Morgan fingerprint density at radius 3 is 1.32 bits per heavy atom. The summed E-state index contributed by atoms with van der Waals surface area (Å²) >= 11 is 8.83. The molecule has 0 aromatic rings. The van der Waals surface area contributed by atoms with E-state index in [4.69, 9.17) is 15.9 Å². The van der Waals surface area contributed by atoms with Gasteiger partial charge in [0.15, 0.2) is 0 Å². The number of alkyl halides is 2. The molecule has 0 aromatic heterocycles. The lowest BCUT2D eigenvalue weighted by Gasteiger charge is -2.21. The van der Waals surface area contributed by atoms with Crippen molar-refractivity contribution in [2.24, 2.45) is 5.73 Å². The van der Waals surface area contributed by atoms with E-state index in [1.807, 2.05) is 0 Å². The summed E-state index contributed by atoms with van der Waals surface area (Å²) in [6.07, 6.45) is 0. The molecule has 0 radical (unpaired) electrons. The molecule has 0 aliphatic carbocycles. The van der Waals surface area contributed by atoms with Gasteiger partial charge in [-0.2, -0.15) is 0 Å². The van der Waals surface area contributed by atoms with Gasteiger partial charge in [0.2, 0.25) is 10.6 Å². The van der Waals surface area contributed by atoms with Crippen molar-refractivity contribution in [1.82, 2.24) is 5.32 Å². The van der Waals surface area contributed by atoms with Crippen LogP contribution >= 0.6 is 47.8 Å². The Bertz CT molecular complexity index is 474. The van der Waals surface area contributed by atoms with Crippen molar-refractivity contribution in [3.05, 3.63) is 0 Å². The zero-order chi connectivity index (χ0) is 21.2. The molecule has 0 rings (SSSR count). The normalized spacial score (nSPS) is 13.0. The van der Waals surface area contributed by atoms with E-state index in [2.05, 4.69) is 53.1 Å². The highest BCUT2D eigenvalue weighted by atomic mass is 79.9. The topological polar surface area (TPSA) is 147 Å². The summed E-state index contributed by atoms with van der Waals surface area (Å²) in [5.41, 5.74) is 2.79. The average molecular weight is 557 g/mol. The summed E-state index contributed by atoms with van der Waals surface area (Å²) < 4.78 is -0.0116. The Kier molecular flexibility index (Phi) is 14.9. The van der Waals surface area contributed by atoms with Gasteiger partial charge in [0.05, 0.1) is 9.65 Å². The van der Waals surface area contributed by atoms with E-state index in [0.29, 0.717) is 0 Å². The molecular weight excluding hydrogens is 532 g/mol. The van der Waals surface area contributed by atoms with Gasteiger partial charge in [-0.3, -0.25) is 14.4 Å². The van der Waals surface area contributed by atoms with E-state index in [0.717, 1.165) is 0 Å². The second-order valence-electron chi connectivity index (χ2n) is 5.98. The molecule has 5 N–H and O–H groups in total. The summed E-state index contributed by atoms with van der Waals surface area (Å²) in [5, 5.41) is 19.1. The molecular formula is C14H25Br3N2O6. The van der Waals surface area contributed by atoms with Gasteiger partial charge in [-0.1, -0.05) is 31.9 Å². The van der Waals surface area contributed by atoms with E-state index in [1.165, 1.54) is 27.7 Å². The molecule has 2 unspecified atom stereocenters. The minimum atomic E-state index is -1.21.